The smallest absolute Gasteiger partial charge is 0.303 e. The van der Waals surface area contributed by atoms with Gasteiger partial charge in [-0.1, -0.05) is 0 Å². The molecule has 1 aliphatic heterocycles. The molecule has 1 heterocycles. The lowest BCUT2D eigenvalue weighted by Crippen LogP contribution is -2.33. The van der Waals surface area contributed by atoms with E-state index in [4.69, 9.17) is 9.84 Å². The number of hydrogen-bond acceptors (Lipinski definition) is 2. The van der Waals surface area contributed by atoms with E-state index in [1.165, 1.54) is 27.8 Å². The third kappa shape index (κ3) is 2.67. The zero-order chi connectivity index (χ0) is 15.1. The fourth-order valence-corrected chi connectivity index (χ4v) is 3.06. The van der Waals surface area contributed by atoms with Gasteiger partial charge >= 0.3 is 5.97 Å². The highest BCUT2D eigenvalue weighted by atomic mass is 16.5. The summed E-state index contributed by atoms with van der Waals surface area (Å²) in [6.45, 7) is 10.5. The van der Waals surface area contributed by atoms with Gasteiger partial charge in [0.2, 0.25) is 0 Å². The Morgan fingerprint density at radius 2 is 1.85 bits per heavy atom. The Hall–Kier alpha value is -1.51. The van der Waals surface area contributed by atoms with Crippen LogP contribution in [0.15, 0.2) is 0 Å². The molecule has 3 nitrogen and oxygen atoms in total. The Labute approximate surface area is 121 Å². The Morgan fingerprint density at radius 3 is 2.45 bits per heavy atom. The van der Waals surface area contributed by atoms with Crippen LogP contribution < -0.4 is 4.74 Å². The number of carboxylic acid groups (broad SMARTS) is 1. The highest BCUT2D eigenvalue weighted by Crippen LogP contribution is 2.41. The van der Waals surface area contributed by atoms with Gasteiger partial charge in [0.1, 0.15) is 11.4 Å². The summed E-state index contributed by atoms with van der Waals surface area (Å²) in [7, 11) is 0. The third-order valence-electron chi connectivity index (χ3n) is 4.48. The Bertz CT molecular complexity index is 556. The Balaban J connectivity index is 2.48. The van der Waals surface area contributed by atoms with Crippen molar-refractivity contribution >= 4 is 5.97 Å². The number of hydrogen-bond donors (Lipinski definition) is 1. The molecule has 0 aromatic heterocycles. The molecule has 0 saturated heterocycles. The number of carbonyl (C=O) groups is 1. The Morgan fingerprint density at radius 1 is 1.20 bits per heavy atom. The van der Waals surface area contributed by atoms with Gasteiger partial charge in [0.25, 0.3) is 0 Å². The van der Waals surface area contributed by atoms with Crippen LogP contribution >= 0.6 is 0 Å². The van der Waals surface area contributed by atoms with Crippen LogP contribution in [0.25, 0.3) is 0 Å². The summed E-state index contributed by atoms with van der Waals surface area (Å²) in [4.78, 5) is 10.8. The van der Waals surface area contributed by atoms with Gasteiger partial charge < -0.3 is 9.84 Å². The second-order valence-corrected chi connectivity index (χ2v) is 6.42. The molecule has 110 valence electrons. The third-order valence-corrected chi connectivity index (χ3v) is 4.48. The number of ether oxygens (including phenoxy) is 1. The summed E-state index contributed by atoms with van der Waals surface area (Å²) >= 11 is 0. The zero-order valence-electron chi connectivity index (χ0n) is 13.1. The van der Waals surface area contributed by atoms with E-state index < -0.39 is 5.97 Å². The van der Waals surface area contributed by atoms with Crippen LogP contribution in [0.5, 0.6) is 5.75 Å². The molecule has 3 heteroatoms. The summed E-state index contributed by atoms with van der Waals surface area (Å²) in [6.07, 6.45) is 2.80. The highest BCUT2D eigenvalue weighted by Gasteiger charge is 2.30. The number of rotatable bonds is 3. The fourth-order valence-electron chi connectivity index (χ4n) is 3.06. The van der Waals surface area contributed by atoms with Gasteiger partial charge in [0.15, 0.2) is 0 Å². The molecule has 1 aromatic rings. The van der Waals surface area contributed by atoms with Crippen LogP contribution in [0.3, 0.4) is 0 Å². The second-order valence-electron chi connectivity index (χ2n) is 6.42. The van der Waals surface area contributed by atoms with E-state index in [-0.39, 0.29) is 12.0 Å². The monoisotopic (exact) mass is 276 g/mol. The number of benzene rings is 1. The van der Waals surface area contributed by atoms with Crippen molar-refractivity contribution in [2.75, 3.05) is 0 Å². The summed E-state index contributed by atoms with van der Waals surface area (Å²) in [5.74, 6) is 0.284. The fraction of sp³-hybridized carbons (Fsp3) is 0.588. The largest absolute Gasteiger partial charge is 0.487 e. The van der Waals surface area contributed by atoms with Crippen molar-refractivity contribution in [3.05, 3.63) is 27.8 Å². The Kier molecular flexibility index (Phi) is 3.81. The molecule has 20 heavy (non-hydrogen) atoms. The first-order chi connectivity index (χ1) is 9.23. The van der Waals surface area contributed by atoms with Crippen LogP contribution in [-0.4, -0.2) is 16.7 Å². The summed E-state index contributed by atoms with van der Waals surface area (Å²) in [5.41, 5.74) is 5.91. The molecule has 0 spiro atoms. The van der Waals surface area contributed by atoms with E-state index in [0.29, 0.717) is 6.42 Å². The van der Waals surface area contributed by atoms with E-state index >= 15 is 0 Å². The molecule has 1 aliphatic rings. The molecule has 0 fully saturated rings. The maximum atomic E-state index is 10.8. The number of aliphatic carboxylic acids is 1. The number of fused-ring (bicyclic) bond motifs is 1. The maximum Gasteiger partial charge on any atom is 0.303 e. The van der Waals surface area contributed by atoms with Gasteiger partial charge in [0, 0.05) is 6.42 Å². The summed E-state index contributed by atoms with van der Waals surface area (Å²) in [6, 6.07) is 0. The van der Waals surface area contributed by atoms with Crippen molar-refractivity contribution in [3.63, 3.8) is 0 Å². The van der Waals surface area contributed by atoms with Gasteiger partial charge in [0.05, 0.1) is 0 Å². The lowest BCUT2D eigenvalue weighted by molar-refractivity contribution is -0.136. The quantitative estimate of drug-likeness (QED) is 0.915. The van der Waals surface area contributed by atoms with Crippen LogP contribution in [-0.2, 0) is 17.6 Å². The molecule has 0 unspecified atom stereocenters. The van der Waals surface area contributed by atoms with Crippen LogP contribution in [0.4, 0.5) is 0 Å². The molecule has 0 aliphatic carbocycles. The zero-order valence-corrected chi connectivity index (χ0v) is 13.1. The van der Waals surface area contributed by atoms with E-state index in [0.717, 1.165) is 18.6 Å². The highest BCUT2D eigenvalue weighted by molar-refractivity contribution is 5.67. The average molecular weight is 276 g/mol. The van der Waals surface area contributed by atoms with Crippen molar-refractivity contribution in [3.8, 4) is 5.75 Å². The molecule has 0 saturated carbocycles. The lowest BCUT2D eigenvalue weighted by atomic mass is 9.84. The molecule has 2 rings (SSSR count). The van der Waals surface area contributed by atoms with Crippen molar-refractivity contribution in [1.82, 2.24) is 0 Å². The van der Waals surface area contributed by atoms with E-state index in [1.54, 1.807) is 0 Å². The lowest BCUT2D eigenvalue weighted by Gasteiger charge is -2.36. The van der Waals surface area contributed by atoms with E-state index in [9.17, 15) is 4.79 Å². The molecule has 0 amide bonds. The predicted molar refractivity (Wildman–Crippen MR) is 79.6 cm³/mol. The van der Waals surface area contributed by atoms with Crippen molar-refractivity contribution in [2.24, 2.45) is 0 Å². The first kappa shape index (κ1) is 14.9. The van der Waals surface area contributed by atoms with Crippen LogP contribution in [0.1, 0.15) is 54.5 Å². The summed E-state index contributed by atoms with van der Waals surface area (Å²) in [5, 5.41) is 8.91. The van der Waals surface area contributed by atoms with Gasteiger partial charge in [-0.3, -0.25) is 4.79 Å². The molecule has 1 aromatic carbocycles. The molecule has 0 radical (unpaired) electrons. The second kappa shape index (κ2) is 5.12. The molecule has 0 bridgehead atoms. The first-order valence-corrected chi connectivity index (χ1v) is 7.25. The van der Waals surface area contributed by atoms with E-state index in [2.05, 4.69) is 34.6 Å². The van der Waals surface area contributed by atoms with Crippen molar-refractivity contribution in [1.29, 1.82) is 0 Å². The molecular weight excluding hydrogens is 252 g/mol. The van der Waals surface area contributed by atoms with Crippen LogP contribution in [0.2, 0.25) is 0 Å². The first-order valence-electron chi connectivity index (χ1n) is 7.25. The van der Waals surface area contributed by atoms with Crippen molar-refractivity contribution in [2.45, 2.75) is 65.9 Å². The number of carboxylic acids is 1. The minimum Gasteiger partial charge on any atom is -0.487 e. The van der Waals surface area contributed by atoms with Gasteiger partial charge in [-0.05, 0) is 81.7 Å². The van der Waals surface area contributed by atoms with Crippen molar-refractivity contribution < 1.29 is 14.6 Å². The van der Waals surface area contributed by atoms with Gasteiger partial charge in [-0.25, -0.2) is 0 Å². The normalized spacial score (nSPS) is 16.4. The van der Waals surface area contributed by atoms with Gasteiger partial charge in [-0.2, -0.15) is 0 Å². The summed E-state index contributed by atoms with van der Waals surface area (Å²) < 4.78 is 6.18. The molecule has 1 N–H and O–H groups in total. The topological polar surface area (TPSA) is 46.5 Å². The molecular formula is C17H24O3. The average Bonchev–Trinajstić information content (AvgIpc) is 2.34. The predicted octanol–water partition coefficient (Wildman–Crippen LogP) is 3.73. The SMILES string of the molecule is Cc1c(C)c2c(c(C)c1CCC(=O)O)CCC(C)(C)O2. The standard InChI is InChI=1S/C17H24O3/c1-10-11(2)16-14(8-9-17(4,5)20-16)12(3)13(10)6-7-15(18)19/h6-9H2,1-5H3,(H,18,19). The minimum atomic E-state index is -0.739. The minimum absolute atomic E-state index is 0.112. The van der Waals surface area contributed by atoms with Crippen LogP contribution in [0, 0.1) is 20.8 Å². The van der Waals surface area contributed by atoms with E-state index in [1.807, 2.05) is 0 Å². The maximum absolute atomic E-state index is 10.8. The molecule has 0 atom stereocenters. The van der Waals surface area contributed by atoms with Gasteiger partial charge in [-0.15, -0.1) is 0 Å².